The molecule has 1 aliphatic heterocycles. The van der Waals surface area contributed by atoms with Gasteiger partial charge in [0.15, 0.2) is 0 Å². The molecular weight excluding hydrogens is 360 g/mol. The molecule has 8 heteroatoms. The smallest absolute Gasteiger partial charge is 0.216 e. The van der Waals surface area contributed by atoms with Gasteiger partial charge < -0.3 is 9.47 Å². The maximum Gasteiger partial charge on any atom is 0.216 e. The third kappa shape index (κ3) is 5.01. The van der Waals surface area contributed by atoms with Gasteiger partial charge in [0.05, 0.1) is 36.3 Å². The maximum atomic E-state index is 12.4. The van der Waals surface area contributed by atoms with Crippen molar-refractivity contribution in [2.75, 3.05) is 45.8 Å². The van der Waals surface area contributed by atoms with Gasteiger partial charge in [0.25, 0.3) is 0 Å². The lowest BCUT2D eigenvalue weighted by atomic mass is 9.99. The average Bonchev–Trinajstić information content (AvgIpc) is 3.06. The molecule has 1 aromatic rings. The van der Waals surface area contributed by atoms with Crippen LogP contribution in [0.1, 0.15) is 47.2 Å². The van der Waals surface area contributed by atoms with E-state index in [1.54, 1.807) is 11.4 Å². The van der Waals surface area contributed by atoms with Crippen LogP contribution in [0.25, 0.3) is 0 Å². The van der Waals surface area contributed by atoms with E-state index in [1.807, 2.05) is 11.3 Å². The number of rotatable bonds is 8. The molecule has 142 valence electrons. The zero-order valence-electron chi connectivity index (χ0n) is 14.9. The van der Waals surface area contributed by atoms with Crippen molar-refractivity contribution in [3.05, 3.63) is 15.6 Å². The van der Waals surface area contributed by atoms with Crippen molar-refractivity contribution in [2.24, 2.45) is 0 Å². The van der Waals surface area contributed by atoms with Crippen molar-refractivity contribution in [3.8, 4) is 0 Å². The first-order valence-electron chi connectivity index (χ1n) is 9.13. The van der Waals surface area contributed by atoms with Gasteiger partial charge in [-0.1, -0.05) is 0 Å². The SMILES string of the molecule is COCCOCCS(=O)(=O)N1CCC(c2nc3c(s2)CCCC3)CC1. The second-order valence-electron chi connectivity index (χ2n) is 6.72. The van der Waals surface area contributed by atoms with E-state index in [2.05, 4.69) is 0 Å². The summed E-state index contributed by atoms with van der Waals surface area (Å²) in [4.78, 5) is 6.32. The number of methoxy groups -OCH3 is 1. The number of aromatic nitrogens is 1. The monoisotopic (exact) mass is 388 g/mol. The van der Waals surface area contributed by atoms with Crippen molar-refractivity contribution in [2.45, 2.75) is 44.4 Å². The van der Waals surface area contributed by atoms with E-state index in [0.29, 0.717) is 32.2 Å². The van der Waals surface area contributed by atoms with E-state index in [4.69, 9.17) is 14.5 Å². The van der Waals surface area contributed by atoms with E-state index >= 15 is 0 Å². The Morgan fingerprint density at radius 1 is 1.16 bits per heavy atom. The van der Waals surface area contributed by atoms with Gasteiger partial charge in [0.2, 0.25) is 10.0 Å². The summed E-state index contributed by atoms with van der Waals surface area (Å²) in [5.74, 6) is 0.465. The summed E-state index contributed by atoms with van der Waals surface area (Å²) in [5, 5.41) is 1.23. The van der Waals surface area contributed by atoms with Crippen LogP contribution < -0.4 is 0 Å². The standard InChI is InChI=1S/C17H28N2O4S2/c1-22-10-11-23-12-13-25(20,21)19-8-6-14(7-9-19)17-18-15-4-2-3-5-16(15)24-17/h14H,2-13H2,1H3. The minimum absolute atomic E-state index is 0.0485. The Morgan fingerprint density at radius 3 is 2.64 bits per heavy atom. The molecule has 1 fully saturated rings. The molecule has 0 aromatic carbocycles. The maximum absolute atomic E-state index is 12.4. The van der Waals surface area contributed by atoms with Gasteiger partial charge in [-0.05, 0) is 38.5 Å². The van der Waals surface area contributed by atoms with E-state index in [9.17, 15) is 8.42 Å². The molecule has 1 aromatic heterocycles. The van der Waals surface area contributed by atoms with Crippen LogP contribution >= 0.6 is 11.3 Å². The largest absolute Gasteiger partial charge is 0.382 e. The Bertz CT molecular complexity index is 628. The van der Waals surface area contributed by atoms with Gasteiger partial charge in [-0.15, -0.1) is 11.3 Å². The van der Waals surface area contributed by atoms with Crippen molar-refractivity contribution in [1.82, 2.24) is 9.29 Å². The van der Waals surface area contributed by atoms with Gasteiger partial charge in [-0.25, -0.2) is 17.7 Å². The highest BCUT2D eigenvalue weighted by molar-refractivity contribution is 7.89. The Kier molecular flexibility index (Phi) is 6.85. The molecule has 0 saturated carbocycles. The zero-order valence-corrected chi connectivity index (χ0v) is 16.5. The molecule has 0 amide bonds. The van der Waals surface area contributed by atoms with E-state index in [-0.39, 0.29) is 12.4 Å². The van der Waals surface area contributed by atoms with Gasteiger partial charge in [-0.2, -0.15) is 0 Å². The molecule has 0 N–H and O–H groups in total. The lowest BCUT2D eigenvalue weighted by Crippen LogP contribution is -2.40. The topological polar surface area (TPSA) is 68.7 Å². The van der Waals surface area contributed by atoms with Crippen LogP contribution in [0, 0.1) is 0 Å². The fourth-order valence-corrected chi connectivity index (χ4v) is 6.14. The summed E-state index contributed by atoms with van der Waals surface area (Å²) in [7, 11) is -1.63. The van der Waals surface area contributed by atoms with Crippen molar-refractivity contribution in [3.63, 3.8) is 0 Å². The Labute approximate surface area is 154 Å². The molecular formula is C17H28N2O4S2. The van der Waals surface area contributed by atoms with E-state index in [0.717, 1.165) is 19.3 Å². The van der Waals surface area contributed by atoms with E-state index in [1.165, 1.54) is 34.8 Å². The number of sulfonamides is 1. The predicted molar refractivity (Wildman–Crippen MR) is 98.8 cm³/mol. The normalized spacial score (nSPS) is 19.9. The summed E-state index contributed by atoms with van der Waals surface area (Å²) in [5.41, 5.74) is 1.30. The highest BCUT2D eigenvalue weighted by Gasteiger charge is 2.30. The fourth-order valence-electron chi connectivity index (χ4n) is 3.47. The van der Waals surface area contributed by atoms with Crippen LogP contribution in [0.15, 0.2) is 0 Å². The number of nitrogens with zero attached hydrogens (tertiary/aromatic N) is 2. The highest BCUT2D eigenvalue weighted by Crippen LogP contribution is 2.35. The lowest BCUT2D eigenvalue weighted by molar-refractivity contribution is 0.0781. The third-order valence-electron chi connectivity index (χ3n) is 4.98. The molecule has 0 spiro atoms. The van der Waals surface area contributed by atoms with Crippen LogP contribution in [0.2, 0.25) is 0 Å². The van der Waals surface area contributed by atoms with Crippen LogP contribution in [0.5, 0.6) is 0 Å². The summed E-state index contributed by atoms with van der Waals surface area (Å²) in [6.07, 6.45) is 6.55. The molecule has 3 rings (SSSR count). The minimum atomic E-state index is -3.23. The molecule has 2 heterocycles. The third-order valence-corrected chi connectivity index (χ3v) is 8.13. The number of aryl methyl sites for hydroxylation is 2. The van der Waals surface area contributed by atoms with Gasteiger partial charge in [0, 0.05) is 31.0 Å². The summed E-state index contributed by atoms with van der Waals surface area (Å²) in [6.45, 7) is 2.33. The Hall–Kier alpha value is -0.540. The molecule has 1 saturated heterocycles. The van der Waals surface area contributed by atoms with Crippen LogP contribution in [-0.4, -0.2) is 63.5 Å². The minimum Gasteiger partial charge on any atom is -0.382 e. The first-order chi connectivity index (χ1) is 12.1. The van der Waals surface area contributed by atoms with Crippen LogP contribution in [0.3, 0.4) is 0 Å². The predicted octanol–water partition coefficient (Wildman–Crippen LogP) is 2.19. The van der Waals surface area contributed by atoms with Gasteiger partial charge in [0.1, 0.15) is 0 Å². The van der Waals surface area contributed by atoms with E-state index < -0.39 is 10.0 Å². The summed E-state index contributed by atoms with van der Waals surface area (Å²) < 4.78 is 36.6. The van der Waals surface area contributed by atoms with Crippen molar-refractivity contribution in [1.29, 1.82) is 0 Å². The number of piperidine rings is 1. The first kappa shape index (κ1) is 19.2. The van der Waals surface area contributed by atoms with Crippen molar-refractivity contribution < 1.29 is 17.9 Å². The van der Waals surface area contributed by atoms with Gasteiger partial charge in [-0.3, -0.25) is 0 Å². The molecule has 1 aliphatic carbocycles. The van der Waals surface area contributed by atoms with Crippen LogP contribution in [0.4, 0.5) is 0 Å². The fraction of sp³-hybridized carbons (Fsp3) is 0.824. The van der Waals surface area contributed by atoms with Crippen molar-refractivity contribution >= 4 is 21.4 Å². The molecule has 6 nitrogen and oxygen atoms in total. The Morgan fingerprint density at radius 2 is 1.92 bits per heavy atom. The molecule has 0 unspecified atom stereocenters. The molecule has 2 aliphatic rings. The number of thiazole rings is 1. The Balaban J connectivity index is 1.48. The number of fused-ring (bicyclic) bond motifs is 1. The molecule has 0 radical (unpaired) electrons. The van der Waals surface area contributed by atoms with Gasteiger partial charge >= 0.3 is 0 Å². The second kappa shape index (κ2) is 8.90. The molecule has 25 heavy (non-hydrogen) atoms. The first-order valence-corrected chi connectivity index (χ1v) is 11.6. The summed E-state index contributed by atoms with van der Waals surface area (Å²) in [6, 6.07) is 0. The average molecular weight is 389 g/mol. The number of ether oxygens (including phenoxy) is 2. The quantitative estimate of drug-likeness (QED) is 0.639. The highest BCUT2D eigenvalue weighted by atomic mass is 32.2. The number of hydrogen-bond acceptors (Lipinski definition) is 6. The second-order valence-corrected chi connectivity index (χ2v) is 9.93. The lowest BCUT2D eigenvalue weighted by Gasteiger charge is -2.30. The molecule has 0 atom stereocenters. The van der Waals surface area contributed by atoms with Crippen LogP contribution in [-0.2, 0) is 32.3 Å². The zero-order chi connectivity index (χ0) is 17.7. The summed E-state index contributed by atoms with van der Waals surface area (Å²) >= 11 is 1.86. The number of hydrogen-bond donors (Lipinski definition) is 0. The molecule has 0 bridgehead atoms.